The largest absolute Gasteiger partial charge is 0.331 e. The first kappa shape index (κ1) is 15.4. The van der Waals surface area contributed by atoms with Crippen molar-refractivity contribution < 1.29 is 18.9 Å². The summed E-state index contributed by atoms with van der Waals surface area (Å²) in [7, 11) is -1.61. The molecule has 0 aliphatic rings. The summed E-state index contributed by atoms with van der Waals surface area (Å²) in [5, 5.41) is 21.9. The summed E-state index contributed by atoms with van der Waals surface area (Å²) in [5.74, 6) is 0. The van der Waals surface area contributed by atoms with Gasteiger partial charge in [-0.1, -0.05) is 0 Å². The van der Waals surface area contributed by atoms with E-state index in [4.69, 9.17) is 9.05 Å². The molecule has 0 saturated carbocycles. The van der Waals surface area contributed by atoms with Crippen LogP contribution in [-0.4, -0.2) is 23.1 Å². The highest BCUT2D eigenvalue weighted by Gasteiger charge is 2.27. The molecular weight excluding hydrogens is 275 g/mol. The molecule has 1 rings (SSSR count). The molecule has 0 saturated heterocycles. The maximum Gasteiger partial charge on any atom is 0.288 e. The van der Waals surface area contributed by atoms with Gasteiger partial charge in [0, 0.05) is 6.07 Å². The van der Waals surface area contributed by atoms with Crippen LogP contribution in [0.5, 0.6) is 0 Å². The SMILES string of the molecule is CCOP(OCC)c1ccc([N+](=O)[O-])cc1[N+](=O)[O-]. The standard InChI is InChI=1S/C10H13N2O6P/c1-3-17-19(18-4-2)10-6-5-8(11(13)14)7-9(10)12(15)16/h5-7H,3-4H2,1-2H3. The van der Waals surface area contributed by atoms with Crippen molar-refractivity contribution in [1.82, 2.24) is 0 Å². The Balaban J connectivity index is 3.24. The Kier molecular flexibility index (Phi) is 5.75. The maximum atomic E-state index is 11.0. The molecular formula is C10H13N2O6P. The first-order chi connectivity index (χ1) is 9.01. The fraction of sp³-hybridized carbons (Fsp3) is 0.400. The second-order valence-corrected chi connectivity index (χ2v) is 4.79. The number of nitro groups is 2. The molecule has 0 amide bonds. The second kappa shape index (κ2) is 7.08. The van der Waals surface area contributed by atoms with E-state index in [-0.39, 0.29) is 16.7 Å². The Bertz CT molecular complexity index is 475. The van der Waals surface area contributed by atoms with Crippen molar-refractivity contribution in [1.29, 1.82) is 0 Å². The number of nitrogens with zero attached hydrogens (tertiary/aromatic N) is 2. The molecule has 0 N–H and O–H groups in total. The van der Waals surface area contributed by atoms with Gasteiger partial charge in [-0.3, -0.25) is 20.2 Å². The molecule has 0 aliphatic carbocycles. The Labute approximate surface area is 110 Å². The van der Waals surface area contributed by atoms with Crippen molar-refractivity contribution in [3.05, 3.63) is 38.4 Å². The van der Waals surface area contributed by atoms with Gasteiger partial charge in [-0.15, -0.1) is 0 Å². The van der Waals surface area contributed by atoms with Gasteiger partial charge in [-0.25, -0.2) is 0 Å². The van der Waals surface area contributed by atoms with Crippen LogP contribution in [0.2, 0.25) is 0 Å². The highest BCUT2D eigenvalue weighted by Crippen LogP contribution is 2.40. The van der Waals surface area contributed by atoms with Gasteiger partial charge in [0.25, 0.3) is 11.4 Å². The summed E-state index contributed by atoms with van der Waals surface area (Å²) in [6, 6.07) is 3.44. The number of non-ortho nitro benzene ring substituents is 1. The van der Waals surface area contributed by atoms with E-state index in [2.05, 4.69) is 0 Å². The molecule has 0 fully saturated rings. The maximum absolute atomic E-state index is 11.0. The van der Waals surface area contributed by atoms with Crippen LogP contribution < -0.4 is 5.30 Å². The summed E-state index contributed by atoms with van der Waals surface area (Å²) in [5.41, 5.74) is -0.694. The van der Waals surface area contributed by atoms with Gasteiger partial charge >= 0.3 is 0 Å². The Morgan fingerprint density at radius 3 is 2.11 bits per heavy atom. The van der Waals surface area contributed by atoms with Gasteiger partial charge in [0.15, 0.2) is 0 Å². The fourth-order valence-corrected chi connectivity index (χ4v) is 2.69. The van der Waals surface area contributed by atoms with Crippen LogP contribution in [-0.2, 0) is 9.05 Å². The molecule has 0 atom stereocenters. The molecule has 0 spiro atoms. The fourth-order valence-electron chi connectivity index (χ4n) is 1.34. The molecule has 1 aromatic carbocycles. The molecule has 8 nitrogen and oxygen atoms in total. The summed E-state index contributed by atoms with van der Waals surface area (Å²) >= 11 is 0. The zero-order valence-electron chi connectivity index (χ0n) is 10.4. The topological polar surface area (TPSA) is 105 Å². The monoisotopic (exact) mass is 288 g/mol. The predicted octanol–water partition coefficient (Wildman–Crippen LogP) is 2.51. The van der Waals surface area contributed by atoms with E-state index in [9.17, 15) is 20.2 Å². The van der Waals surface area contributed by atoms with E-state index in [0.29, 0.717) is 13.2 Å². The number of rotatable bonds is 7. The minimum Gasteiger partial charge on any atom is -0.331 e. The van der Waals surface area contributed by atoms with Crippen molar-refractivity contribution in [2.75, 3.05) is 13.2 Å². The Morgan fingerprint density at radius 1 is 1.11 bits per heavy atom. The molecule has 0 aromatic heterocycles. The zero-order chi connectivity index (χ0) is 14.4. The minimum atomic E-state index is -1.61. The third kappa shape index (κ3) is 3.92. The molecule has 0 unspecified atom stereocenters. The Hall–Kier alpha value is -1.63. The van der Waals surface area contributed by atoms with Crippen LogP contribution in [0, 0.1) is 20.2 Å². The van der Waals surface area contributed by atoms with Gasteiger partial charge < -0.3 is 9.05 Å². The smallest absolute Gasteiger partial charge is 0.288 e. The van der Waals surface area contributed by atoms with Crippen molar-refractivity contribution in [2.45, 2.75) is 13.8 Å². The van der Waals surface area contributed by atoms with Crippen LogP contribution in [0.3, 0.4) is 0 Å². The Morgan fingerprint density at radius 2 is 1.68 bits per heavy atom. The molecule has 19 heavy (non-hydrogen) atoms. The normalized spacial score (nSPS) is 10.7. The molecule has 0 aliphatic heterocycles. The van der Waals surface area contributed by atoms with Crippen molar-refractivity contribution in [3.8, 4) is 0 Å². The number of benzene rings is 1. The van der Waals surface area contributed by atoms with E-state index in [1.165, 1.54) is 12.1 Å². The van der Waals surface area contributed by atoms with E-state index in [0.717, 1.165) is 6.07 Å². The molecule has 0 heterocycles. The lowest BCUT2D eigenvalue weighted by Crippen LogP contribution is -2.12. The summed E-state index contributed by atoms with van der Waals surface area (Å²) in [6.07, 6.45) is 0. The van der Waals surface area contributed by atoms with Gasteiger partial charge in [-0.2, -0.15) is 0 Å². The molecule has 104 valence electrons. The number of hydrogen-bond acceptors (Lipinski definition) is 6. The summed E-state index contributed by atoms with van der Waals surface area (Å²) < 4.78 is 10.7. The summed E-state index contributed by atoms with van der Waals surface area (Å²) in [6.45, 7) is 4.15. The quantitative estimate of drug-likeness (QED) is 0.433. The van der Waals surface area contributed by atoms with Crippen molar-refractivity contribution >= 4 is 25.1 Å². The average molecular weight is 288 g/mol. The van der Waals surface area contributed by atoms with Gasteiger partial charge in [0.1, 0.15) is 5.30 Å². The molecule has 9 heteroatoms. The van der Waals surface area contributed by atoms with Gasteiger partial charge in [0.2, 0.25) is 8.38 Å². The molecule has 0 bridgehead atoms. The van der Waals surface area contributed by atoms with E-state index in [1.807, 2.05) is 0 Å². The van der Waals surface area contributed by atoms with Crippen molar-refractivity contribution in [3.63, 3.8) is 0 Å². The van der Waals surface area contributed by atoms with E-state index in [1.54, 1.807) is 13.8 Å². The molecule has 0 radical (unpaired) electrons. The van der Waals surface area contributed by atoms with E-state index < -0.39 is 18.2 Å². The highest BCUT2D eigenvalue weighted by molar-refractivity contribution is 7.56. The lowest BCUT2D eigenvalue weighted by atomic mass is 10.3. The second-order valence-electron chi connectivity index (χ2n) is 3.28. The van der Waals surface area contributed by atoms with Crippen LogP contribution in [0.1, 0.15) is 13.8 Å². The summed E-state index contributed by atoms with van der Waals surface area (Å²) in [4.78, 5) is 20.3. The third-order valence-electron chi connectivity index (χ3n) is 2.06. The van der Waals surface area contributed by atoms with Crippen LogP contribution in [0.25, 0.3) is 0 Å². The van der Waals surface area contributed by atoms with Crippen LogP contribution >= 0.6 is 8.38 Å². The predicted molar refractivity (Wildman–Crippen MR) is 69.6 cm³/mol. The number of nitro benzene ring substituents is 2. The zero-order valence-corrected chi connectivity index (χ0v) is 11.3. The first-order valence-corrected chi connectivity index (χ1v) is 6.67. The lowest BCUT2D eigenvalue weighted by Gasteiger charge is -2.15. The third-order valence-corrected chi connectivity index (χ3v) is 3.81. The average Bonchev–Trinajstić information content (AvgIpc) is 2.37. The van der Waals surface area contributed by atoms with Crippen LogP contribution in [0.15, 0.2) is 18.2 Å². The number of hydrogen-bond donors (Lipinski definition) is 0. The van der Waals surface area contributed by atoms with Gasteiger partial charge in [0.05, 0.1) is 29.1 Å². The highest BCUT2D eigenvalue weighted by atomic mass is 31.2. The van der Waals surface area contributed by atoms with E-state index >= 15 is 0 Å². The first-order valence-electron chi connectivity index (χ1n) is 5.50. The lowest BCUT2D eigenvalue weighted by molar-refractivity contribution is -0.393. The van der Waals surface area contributed by atoms with Crippen molar-refractivity contribution in [2.24, 2.45) is 0 Å². The molecule has 1 aromatic rings. The van der Waals surface area contributed by atoms with Gasteiger partial charge in [-0.05, 0) is 19.9 Å². The van der Waals surface area contributed by atoms with Crippen LogP contribution in [0.4, 0.5) is 11.4 Å². The minimum absolute atomic E-state index is 0.231.